The van der Waals surface area contributed by atoms with Crippen LogP contribution in [0.1, 0.15) is 37.7 Å². The van der Waals surface area contributed by atoms with E-state index in [4.69, 9.17) is 4.74 Å². The van der Waals surface area contributed by atoms with Gasteiger partial charge in [-0.05, 0) is 49.3 Å². The van der Waals surface area contributed by atoms with Crippen molar-refractivity contribution in [1.82, 2.24) is 9.62 Å². The topological polar surface area (TPSA) is 75.7 Å². The summed E-state index contributed by atoms with van der Waals surface area (Å²) in [6.45, 7) is 1.21. The van der Waals surface area contributed by atoms with Crippen molar-refractivity contribution in [2.24, 2.45) is 0 Å². The molecule has 0 spiro atoms. The molecule has 7 heteroatoms. The van der Waals surface area contributed by atoms with E-state index in [1.807, 2.05) is 35.2 Å². The number of para-hydroxylation sites is 1. The quantitative estimate of drug-likeness (QED) is 0.774. The smallest absolute Gasteiger partial charge is 0.222 e. The second kappa shape index (κ2) is 9.40. The highest BCUT2D eigenvalue weighted by Crippen LogP contribution is 2.32. The standard InChI is InChI=1S/C24H30N2O4S/c1-31(28,29)25-21-13-14-26-22(21)17-18-8-7-9-19(16-18)20-10-4-5-11-23(20)30-15-6-2-3-12-24(26)27/h4-5,7-11,16,21-22,25H,2-3,6,12-15,17H2,1H3. The van der Waals surface area contributed by atoms with Crippen LogP contribution in [0.5, 0.6) is 5.75 Å². The van der Waals surface area contributed by atoms with Crippen LogP contribution in [0.3, 0.4) is 0 Å². The van der Waals surface area contributed by atoms with Crippen LogP contribution >= 0.6 is 0 Å². The molecule has 6 nitrogen and oxygen atoms in total. The molecule has 4 rings (SSSR count). The van der Waals surface area contributed by atoms with Crippen LogP contribution in [0.4, 0.5) is 0 Å². The molecule has 0 aromatic heterocycles. The molecular formula is C24H30N2O4S. The molecule has 0 radical (unpaired) electrons. The summed E-state index contributed by atoms with van der Waals surface area (Å²) in [4.78, 5) is 14.9. The minimum atomic E-state index is -3.36. The minimum absolute atomic E-state index is 0.109. The van der Waals surface area contributed by atoms with Gasteiger partial charge in [0.1, 0.15) is 5.75 Å². The number of nitrogens with one attached hydrogen (secondary N) is 1. The highest BCUT2D eigenvalue weighted by molar-refractivity contribution is 7.88. The lowest BCUT2D eigenvalue weighted by atomic mass is 9.96. The second-order valence-corrected chi connectivity index (χ2v) is 10.3. The van der Waals surface area contributed by atoms with Crippen molar-refractivity contribution in [3.8, 4) is 16.9 Å². The Morgan fingerprint density at radius 2 is 1.90 bits per heavy atom. The number of fused-ring (bicyclic) bond motifs is 5. The van der Waals surface area contributed by atoms with Gasteiger partial charge >= 0.3 is 0 Å². The Hall–Kier alpha value is -2.38. The molecule has 2 aromatic rings. The van der Waals surface area contributed by atoms with Crippen molar-refractivity contribution < 1.29 is 17.9 Å². The Labute approximate surface area is 184 Å². The van der Waals surface area contributed by atoms with E-state index in [2.05, 4.69) is 22.9 Å². The number of hydrogen-bond donors (Lipinski definition) is 1. The van der Waals surface area contributed by atoms with Gasteiger partial charge < -0.3 is 9.64 Å². The normalized spacial score (nSPS) is 22.6. The summed E-state index contributed by atoms with van der Waals surface area (Å²) in [6, 6.07) is 15.8. The van der Waals surface area contributed by atoms with Crippen molar-refractivity contribution in [3.05, 3.63) is 54.1 Å². The first-order valence-corrected chi connectivity index (χ1v) is 12.9. The Morgan fingerprint density at radius 1 is 1.06 bits per heavy atom. The summed E-state index contributed by atoms with van der Waals surface area (Å²) < 4.78 is 32.7. The van der Waals surface area contributed by atoms with Gasteiger partial charge in [0, 0.05) is 24.6 Å². The van der Waals surface area contributed by atoms with Crippen LogP contribution in [-0.4, -0.2) is 50.7 Å². The van der Waals surface area contributed by atoms with Gasteiger partial charge in [0.2, 0.25) is 15.9 Å². The fourth-order valence-electron chi connectivity index (χ4n) is 4.65. The number of rotatable bonds is 2. The van der Waals surface area contributed by atoms with Gasteiger partial charge in [-0.2, -0.15) is 0 Å². The van der Waals surface area contributed by atoms with Gasteiger partial charge in [0.25, 0.3) is 0 Å². The van der Waals surface area contributed by atoms with E-state index < -0.39 is 10.0 Å². The average Bonchev–Trinajstić information content (AvgIpc) is 3.11. The van der Waals surface area contributed by atoms with Crippen LogP contribution in [0.2, 0.25) is 0 Å². The summed E-state index contributed by atoms with van der Waals surface area (Å²) >= 11 is 0. The molecule has 2 aliphatic heterocycles. The van der Waals surface area contributed by atoms with Gasteiger partial charge in [-0.25, -0.2) is 13.1 Å². The van der Waals surface area contributed by atoms with Crippen molar-refractivity contribution in [2.45, 2.75) is 50.6 Å². The first-order chi connectivity index (χ1) is 14.9. The van der Waals surface area contributed by atoms with E-state index in [1.54, 1.807) is 0 Å². The SMILES string of the molecule is CS(=O)(=O)NC1CCN2C(=O)CCCCCOc3ccccc3-c3cccc(c3)CC12. The van der Waals surface area contributed by atoms with E-state index in [1.165, 1.54) is 6.26 Å². The van der Waals surface area contributed by atoms with E-state index in [0.29, 0.717) is 32.4 Å². The Kier molecular flexibility index (Phi) is 6.62. The van der Waals surface area contributed by atoms with Crippen molar-refractivity contribution >= 4 is 15.9 Å². The van der Waals surface area contributed by atoms with Gasteiger partial charge in [-0.3, -0.25) is 4.79 Å². The van der Waals surface area contributed by atoms with Crippen LogP contribution in [-0.2, 0) is 21.2 Å². The van der Waals surface area contributed by atoms with Crippen LogP contribution in [0.25, 0.3) is 11.1 Å². The lowest BCUT2D eigenvalue weighted by molar-refractivity contribution is -0.132. The largest absolute Gasteiger partial charge is 0.493 e. The zero-order valence-corrected chi connectivity index (χ0v) is 18.7. The third kappa shape index (κ3) is 5.46. The number of sulfonamides is 1. The maximum absolute atomic E-state index is 13.0. The Balaban J connectivity index is 1.69. The first-order valence-electron chi connectivity index (χ1n) is 11.0. The number of ether oxygens (including phenoxy) is 1. The molecule has 0 aliphatic carbocycles. The molecule has 166 valence electrons. The summed E-state index contributed by atoms with van der Waals surface area (Å²) in [6.07, 6.45) is 5.54. The maximum Gasteiger partial charge on any atom is 0.222 e. The molecule has 2 unspecified atom stereocenters. The lowest BCUT2D eigenvalue weighted by Gasteiger charge is -2.29. The summed E-state index contributed by atoms with van der Waals surface area (Å²) in [5.41, 5.74) is 3.18. The molecule has 2 bridgehead atoms. The van der Waals surface area contributed by atoms with Gasteiger partial charge in [-0.15, -0.1) is 0 Å². The van der Waals surface area contributed by atoms with Crippen molar-refractivity contribution in [2.75, 3.05) is 19.4 Å². The first kappa shape index (κ1) is 21.8. The Bertz CT molecular complexity index is 1040. The fourth-order valence-corrected chi connectivity index (χ4v) is 5.47. The molecule has 31 heavy (non-hydrogen) atoms. The number of carbonyl (C=O) groups is 1. The monoisotopic (exact) mass is 442 g/mol. The molecule has 2 aromatic carbocycles. The van der Waals surface area contributed by atoms with E-state index in [9.17, 15) is 13.2 Å². The summed E-state index contributed by atoms with van der Waals surface area (Å²) in [5.74, 6) is 0.975. The third-order valence-corrected chi connectivity index (χ3v) is 6.82. The minimum Gasteiger partial charge on any atom is -0.493 e. The summed E-state index contributed by atoms with van der Waals surface area (Å²) in [5, 5.41) is 0. The number of amides is 1. The molecular weight excluding hydrogens is 412 g/mol. The Morgan fingerprint density at radius 3 is 2.74 bits per heavy atom. The van der Waals surface area contributed by atoms with Crippen LogP contribution in [0.15, 0.2) is 48.5 Å². The fraction of sp³-hybridized carbons (Fsp3) is 0.458. The predicted octanol–water partition coefficient (Wildman–Crippen LogP) is 3.37. The number of nitrogens with zero attached hydrogens (tertiary/aromatic N) is 1. The van der Waals surface area contributed by atoms with E-state index in [-0.39, 0.29) is 18.0 Å². The summed E-state index contributed by atoms with van der Waals surface area (Å²) in [7, 11) is -3.36. The number of carbonyl (C=O) groups excluding carboxylic acids is 1. The van der Waals surface area contributed by atoms with Crippen LogP contribution in [0, 0.1) is 0 Å². The lowest BCUT2D eigenvalue weighted by Crippen LogP contribution is -2.47. The van der Waals surface area contributed by atoms with Gasteiger partial charge in [0.05, 0.1) is 18.9 Å². The molecule has 1 saturated heterocycles. The van der Waals surface area contributed by atoms with Gasteiger partial charge in [-0.1, -0.05) is 42.5 Å². The zero-order valence-electron chi connectivity index (χ0n) is 17.9. The molecule has 1 fully saturated rings. The molecule has 2 aliphatic rings. The van der Waals surface area contributed by atoms with Crippen molar-refractivity contribution in [1.29, 1.82) is 0 Å². The average molecular weight is 443 g/mol. The molecule has 0 saturated carbocycles. The third-order valence-electron chi connectivity index (χ3n) is 6.09. The molecule has 2 atom stereocenters. The highest BCUT2D eigenvalue weighted by atomic mass is 32.2. The van der Waals surface area contributed by atoms with Crippen LogP contribution < -0.4 is 9.46 Å². The molecule has 1 amide bonds. The number of benzene rings is 2. The second-order valence-electron chi connectivity index (χ2n) is 8.50. The van der Waals surface area contributed by atoms with Crippen molar-refractivity contribution in [3.63, 3.8) is 0 Å². The maximum atomic E-state index is 13.0. The molecule has 2 heterocycles. The van der Waals surface area contributed by atoms with E-state index in [0.717, 1.165) is 41.7 Å². The zero-order chi connectivity index (χ0) is 21.8. The van der Waals surface area contributed by atoms with E-state index >= 15 is 0 Å². The van der Waals surface area contributed by atoms with Gasteiger partial charge in [0.15, 0.2) is 0 Å². The predicted molar refractivity (Wildman–Crippen MR) is 121 cm³/mol. The highest BCUT2D eigenvalue weighted by Gasteiger charge is 2.38. The molecule has 1 N–H and O–H groups in total. The number of hydrogen-bond acceptors (Lipinski definition) is 4.